The molecule has 2 aromatic rings. The van der Waals surface area contributed by atoms with Crippen LogP contribution < -0.4 is 10.6 Å². The van der Waals surface area contributed by atoms with Crippen molar-refractivity contribution in [1.82, 2.24) is 25.3 Å². The largest absolute Gasteiger partial charge is 0.356 e. The van der Waals surface area contributed by atoms with Crippen LogP contribution in [0.5, 0.6) is 0 Å². The number of amides is 1. The molecule has 0 saturated carbocycles. The van der Waals surface area contributed by atoms with Crippen LogP contribution in [0.1, 0.15) is 21.5 Å². The van der Waals surface area contributed by atoms with Crippen LogP contribution in [0.4, 0.5) is 0 Å². The number of carbonyl (C=O) groups is 1. The minimum atomic E-state index is 0. The Kier molecular flexibility index (Phi) is 9.11. The molecular formula is C18H27IN6O. The number of guanidine groups is 1. The molecule has 7 nitrogen and oxygen atoms in total. The van der Waals surface area contributed by atoms with Crippen LogP contribution in [0.2, 0.25) is 0 Å². The number of hydrogen-bond acceptors (Lipinski definition) is 3. The van der Waals surface area contributed by atoms with Crippen LogP contribution in [0.15, 0.2) is 41.7 Å². The average Bonchev–Trinajstić information content (AvgIpc) is 3.02. The summed E-state index contributed by atoms with van der Waals surface area (Å²) < 4.78 is 1.77. The van der Waals surface area contributed by atoms with Gasteiger partial charge in [-0.05, 0) is 24.1 Å². The van der Waals surface area contributed by atoms with Gasteiger partial charge in [-0.1, -0.05) is 12.1 Å². The van der Waals surface area contributed by atoms with E-state index in [1.54, 1.807) is 30.7 Å². The zero-order chi connectivity index (χ0) is 18.2. The van der Waals surface area contributed by atoms with Crippen LogP contribution >= 0.6 is 24.0 Å². The average molecular weight is 470 g/mol. The molecule has 1 amide bonds. The maximum atomic E-state index is 12.0. The van der Waals surface area contributed by atoms with E-state index in [9.17, 15) is 4.79 Å². The molecule has 0 aliphatic heterocycles. The van der Waals surface area contributed by atoms with Crippen molar-refractivity contribution in [2.45, 2.75) is 13.0 Å². The third kappa shape index (κ3) is 6.66. The van der Waals surface area contributed by atoms with Gasteiger partial charge < -0.3 is 15.5 Å². The summed E-state index contributed by atoms with van der Waals surface area (Å²) in [6.45, 7) is 1.40. The van der Waals surface area contributed by atoms with Crippen LogP contribution in [0.25, 0.3) is 0 Å². The quantitative estimate of drug-likeness (QED) is 0.383. The van der Waals surface area contributed by atoms with E-state index in [1.165, 1.54) is 0 Å². The summed E-state index contributed by atoms with van der Waals surface area (Å²) >= 11 is 0. The van der Waals surface area contributed by atoms with Crippen molar-refractivity contribution in [2.75, 3.05) is 27.7 Å². The molecule has 2 N–H and O–H groups in total. The van der Waals surface area contributed by atoms with Crippen molar-refractivity contribution in [3.63, 3.8) is 0 Å². The minimum Gasteiger partial charge on any atom is -0.356 e. The van der Waals surface area contributed by atoms with Crippen LogP contribution in [0.3, 0.4) is 0 Å². The first-order chi connectivity index (χ1) is 12.0. The first-order valence-electron chi connectivity index (χ1n) is 8.22. The number of nitrogens with zero attached hydrogens (tertiary/aromatic N) is 4. The summed E-state index contributed by atoms with van der Waals surface area (Å²) in [4.78, 5) is 17.8. The fourth-order valence-corrected chi connectivity index (χ4v) is 2.41. The van der Waals surface area contributed by atoms with Gasteiger partial charge in [-0.3, -0.25) is 14.5 Å². The van der Waals surface area contributed by atoms with E-state index >= 15 is 0 Å². The van der Waals surface area contributed by atoms with Crippen molar-refractivity contribution >= 4 is 35.8 Å². The van der Waals surface area contributed by atoms with Gasteiger partial charge in [-0.15, -0.1) is 24.0 Å². The number of hydrogen-bond donors (Lipinski definition) is 2. The van der Waals surface area contributed by atoms with E-state index in [0.29, 0.717) is 12.1 Å². The molecule has 142 valence electrons. The topological polar surface area (TPSA) is 74.6 Å². The molecule has 0 unspecified atom stereocenters. The molecule has 0 bridgehead atoms. The Morgan fingerprint density at radius 2 is 2.04 bits per heavy atom. The zero-order valence-corrected chi connectivity index (χ0v) is 18.0. The van der Waals surface area contributed by atoms with Crippen LogP contribution in [0, 0.1) is 0 Å². The fraction of sp³-hybridized carbons (Fsp3) is 0.389. The maximum absolute atomic E-state index is 12.0. The number of halogens is 1. The van der Waals surface area contributed by atoms with E-state index < -0.39 is 0 Å². The van der Waals surface area contributed by atoms with Gasteiger partial charge in [0, 0.05) is 58.6 Å². The summed E-state index contributed by atoms with van der Waals surface area (Å²) in [7, 11) is 7.16. The second-order valence-electron chi connectivity index (χ2n) is 6.02. The second kappa shape index (κ2) is 10.8. The number of carbonyl (C=O) groups excluding carboxylic acids is 1. The molecule has 0 aliphatic carbocycles. The number of aryl methyl sites for hydroxylation is 1. The number of nitrogens with one attached hydrogen (secondary N) is 2. The molecule has 8 heteroatoms. The van der Waals surface area contributed by atoms with E-state index in [4.69, 9.17) is 0 Å². The predicted octanol–water partition coefficient (Wildman–Crippen LogP) is 1.65. The fourth-order valence-electron chi connectivity index (χ4n) is 2.41. The Morgan fingerprint density at radius 1 is 1.27 bits per heavy atom. The van der Waals surface area contributed by atoms with Gasteiger partial charge >= 0.3 is 0 Å². The zero-order valence-electron chi connectivity index (χ0n) is 15.7. The maximum Gasteiger partial charge on any atom is 0.253 e. The second-order valence-corrected chi connectivity index (χ2v) is 6.02. The Balaban J connectivity index is 0.00000338. The molecule has 2 rings (SSSR count). The summed E-state index contributed by atoms with van der Waals surface area (Å²) in [5.41, 5.74) is 2.92. The van der Waals surface area contributed by atoms with E-state index in [0.717, 1.165) is 30.1 Å². The molecule has 0 saturated heterocycles. The first kappa shape index (κ1) is 21.9. The third-order valence-electron chi connectivity index (χ3n) is 3.73. The molecule has 0 atom stereocenters. The minimum absolute atomic E-state index is 0. The number of rotatable bonds is 6. The van der Waals surface area contributed by atoms with Crippen molar-refractivity contribution in [3.8, 4) is 0 Å². The molecule has 0 aliphatic rings. The standard InChI is InChI=1S/C18H26N6O.HI/c1-19-18(21-11-15-12-22-24(4)13-15)20-9-8-14-6-5-7-16(10-14)17(25)23(2)3;/h5-7,10,12-13H,8-9,11H2,1-4H3,(H2,19,20,21);1H. The van der Waals surface area contributed by atoms with Gasteiger partial charge in [0.2, 0.25) is 0 Å². The highest BCUT2D eigenvalue weighted by molar-refractivity contribution is 14.0. The predicted molar refractivity (Wildman–Crippen MR) is 115 cm³/mol. The smallest absolute Gasteiger partial charge is 0.253 e. The van der Waals surface area contributed by atoms with Crippen molar-refractivity contribution in [3.05, 3.63) is 53.3 Å². The van der Waals surface area contributed by atoms with Gasteiger partial charge in [-0.2, -0.15) is 5.10 Å². The lowest BCUT2D eigenvalue weighted by Crippen LogP contribution is -2.37. The Hall–Kier alpha value is -2.10. The lowest BCUT2D eigenvalue weighted by molar-refractivity contribution is 0.0827. The van der Waals surface area contributed by atoms with Crippen LogP contribution in [-0.4, -0.2) is 54.2 Å². The van der Waals surface area contributed by atoms with E-state index in [2.05, 4.69) is 20.7 Å². The molecular weight excluding hydrogens is 443 g/mol. The molecule has 1 aromatic carbocycles. The van der Waals surface area contributed by atoms with Gasteiger partial charge in [0.1, 0.15) is 0 Å². The van der Waals surface area contributed by atoms with E-state index in [1.807, 2.05) is 43.7 Å². The van der Waals surface area contributed by atoms with Crippen molar-refractivity contribution in [2.24, 2.45) is 12.0 Å². The highest BCUT2D eigenvalue weighted by Gasteiger charge is 2.08. The molecule has 0 fully saturated rings. The number of aliphatic imine (C=N–C) groups is 1. The summed E-state index contributed by atoms with van der Waals surface area (Å²) in [6.07, 6.45) is 4.60. The Morgan fingerprint density at radius 3 is 2.65 bits per heavy atom. The van der Waals surface area contributed by atoms with Gasteiger partial charge in [0.25, 0.3) is 5.91 Å². The monoisotopic (exact) mass is 470 g/mol. The highest BCUT2D eigenvalue weighted by atomic mass is 127. The Labute approximate surface area is 171 Å². The molecule has 1 aromatic heterocycles. The lowest BCUT2D eigenvalue weighted by Gasteiger charge is -2.13. The van der Waals surface area contributed by atoms with Crippen molar-refractivity contribution in [1.29, 1.82) is 0 Å². The van der Waals surface area contributed by atoms with Crippen LogP contribution in [-0.2, 0) is 20.0 Å². The highest BCUT2D eigenvalue weighted by Crippen LogP contribution is 2.07. The summed E-state index contributed by atoms with van der Waals surface area (Å²) in [5.74, 6) is 0.758. The summed E-state index contributed by atoms with van der Waals surface area (Å²) in [6, 6.07) is 7.73. The summed E-state index contributed by atoms with van der Waals surface area (Å²) in [5, 5.41) is 10.7. The lowest BCUT2D eigenvalue weighted by atomic mass is 10.1. The van der Waals surface area contributed by atoms with Gasteiger partial charge in [0.15, 0.2) is 5.96 Å². The molecule has 0 spiro atoms. The normalized spacial score (nSPS) is 10.8. The SMILES string of the molecule is CN=C(NCCc1cccc(C(=O)N(C)C)c1)NCc1cnn(C)c1.I. The number of benzene rings is 1. The number of aromatic nitrogens is 2. The molecule has 1 heterocycles. The molecule has 0 radical (unpaired) electrons. The molecule has 26 heavy (non-hydrogen) atoms. The van der Waals surface area contributed by atoms with Crippen molar-refractivity contribution < 1.29 is 4.79 Å². The first-order valence-corrected chi connectivity index (χ1v) is 8.22. The van der Waals surface area contributed by atoms with Gasteiger partial charge in [-0.25, -0.2) is 0 Å². The third-order valence-corrected chi connectivity index (χ3v) is 3.73. The Bertz CT molecular complexity index is 741. The van der Waals surface area contributed by atoms with E-state index in [-0.39, 0.29) is 29.9 Å². The van der Waals surface area contributed by atoms with Gasteiger partial charge in [0.05, 0.1) is 6.20 Å².